The molecule has 0 bridgehead atoms. The lowest BCUT2D eigenvalue weighted by Gasteiger charge is -2.31. The topological polar surface area (TPSA) is 189 Å². The number of pyridine rings is 2. The maximum atomic E-state index is 13.6. The zero-order valence-electron chi connectivity index (χ0n) is 32.4. The van der Waals surface area contributed by atoms with Crippen molar-refractivity contribution in [1.82, 2.24) is 29.4 Å². The Hall–Kier alpha value is -6.30. The van der Waals surface area contributed by atoms with Crippen LogP contribution in [-0.4, -0.2) is 83.6 Å². The van der Waals surface area contributed by atoms with Gasteiger partial charge in [-0.05, 0) is 94.7 Å². The smallest absolute Gasteiger partial charge is 0.428 e. The number of amides is 3. The lowest BCUT2D eigenvalue weighted by molar-refractivity contribution is -0.120. The van der Waals surface area contributed by atoms with Gasteiger partial charge < -0.3 is 19.7 Å². The summed E-state index contributed by atoms with van der Waals surface area (Å²) < 4.78 is 6.97. The van der Waals surface area contributed by atoms with Crippen LogP contribution in [0.1, 0.15) is 82.8 Å². The Morgan fingerprint density at radius 2 is 1.67 bits per heavy atom. The summed E-state index contributed by atoms with van der Waals surface area (Å²) >= 11 is 0. The third kappa shape index (κ3) is 10.2. The number of hydrazine groups is 1. The largest absolute Gasteiger partial charge is 0.465 e. The third-order valence-corrected chi connectivity index (χ3v) is 7.86. The van der Waals surface area contributed by atoms with Crippen LogP contribution in [0.15, 0.2) is 47.3 Å². The molecular formula is C39H46N8O7. The minimum Gasteiger partial charge on any atom is -0.465 e. The summed E-state index contributed by atoms with van der Waals surface area (Å²) in [5.74, 6) is 5.34. The summed E-state index contributed by atoms with van der Waals surface area (Å²) in [6.07, 6.45) is -1.97. The Labute approximate surface area is 313 Å². The molecule has 3 N–H and O–H groups in total. The van der Waals surface area contributed by atoms with E-state index in [-0.39, 0.29) is 46.5 Å². The van der Waals surface area contributed by atoms with Gasteiger partial charge in [0.25, 0.3) is 5.56 Å². The Morgan fingerprint density at radius 3 is 2.28 bits per heavy atom. The SMILES string of the molecule is CC(=O)c1c(NN(C)C(=O)OC(C)(C)C)nc(C)nc1-c1cc(C#Cc2ccc3c(ccc(=O)n3C)c2)nc(NC(=O)C(C)N(CC(C)(C)C)C(=O)O)c1. The number of rotatable bonds is 8. The zero-order chi connectivity index (χ0) is 40.3. The first-order valence-electron chi connectivity index (χ1n) is 17.1. The molecule has 4 aromatic rings. The highest BCUT2D eigenvalue weighted by Crippen LogP contribution is 2.30. The molecule has 0 aliphatic carbocycles. The molecule has 1 unspecified atom stereocenters. The summed E-state index contributed by atoms with van der Waals surface area (Å²) in [6, 6.07) is 10.6. The standard InChI is InChI=1S/C39H46N8O7/c1-22(47(36(51)52)21-38(4,5)6)35(50)43-30-20-27(19-28(42-30)15-12-25-13-16-29-26(18-25)14-17-31(49)45(29)10)33-32(23(2)48)34(41-24(3)40-33)44-46(11)37(53)54-39(7,8)9/h13-14,16-20,22H,21H2,1-11H3,(H,51,52)(H,40,41,44)(H,42,43,50). The number of Topliss-reactive ketones (excluding diaryl/α,β-unsaturated/α-hetero) is 1. The fraction of sp³-hybridized carbons (Fsp3) is 0.385. The highest BCUT2D eigenvalue weighted by atomic mass is 16.6. The van der Waals surface area contributed by atoms with Crippen LogP contribution in [0.3, 0.4) is 0 Å². The number of carbonyl (C=O) groups excluding carboxylic acids is 3. The molecule has 3 aromatic heterocycles. The number of nitrogens with one attached hydrogen (secondary N) is 2. The van der Waals surface area contributed by atoms with E-state index in [2.05, 4.69) is 37.5 Å². The van der Waals surface area contributed by atoms with E-state index in [1.165, 1.54) is 37.6 Å². The molecule has 0 aliphatic heterocycles. The predicted molar refractivity (Wildman–Crippen MR) is 205 cm³/mol. The van der Waals surface area contributed by atoms with Gasteiger partial charge in [0.1, 0.15) is 29.0 Å². The number of carboxylic acid groups (broad SMARTS) is 1. The summed E-state index contributed by atoms with van der Waals surface area (Å²) in [4.78, 5) is 78.5. The van der Waals surface area contributed by atoms with Crippen LogP contribution in [0.4, 0.5) is 21.2 Å². The van der Waals surface area contributed by atoms with Crippen molar-refractivity contribution in [3.05, 3.63) is 75.5 Å². The molecule has 15 heteroatoms. The maximum Gasteiger partial charge on any atom is 0.428 e. The molecule has 4 rings (SSSR count). The number of benzene rings is 1. The second kappa shape index (κ2) is 15.7. The molecular weight excluding hydrogens is 692 g/mol. The molecule has 284 valence electrons. The van der Waals surface area contributed by atoms with E-state index >= 15 is 0 Å². The lowest BCUT2D eigenvalue weighted by atomic mass is 9.95. The van der Waals surface area contributed by atoms with Crippen LogP contribution in [0.5, 0.6) is 0 Å². The van der Waals surface area contributed by atoms with Gasteiger partial charge in [-0.25, -0.2) is 29.5 Å². The van der Waals surface area contributed by atoms with Crippen LogP contribution in [-0.2, 0) is 16.6 Å². The van der Waals surface area contributed by atoms with Crippen molar-refractivity contribution in [3.63, 3.8) is 0 Å². The molecule has 0 radical (unpaired) electrons. The highest BCUT2D eigenvalue weighted by molar-refractivity contribution is 6.05. The maximum absolute atomic E-state index is 13.6. The minimum atomic E-state index is -1.25. The van der Waals surface area contributed by atoms with Crippen LogP contribution >= 0.6 is 0 Å². The van der Waals surface area contributed by atoms with Gasteiger partial charge in [-0.2, -0.15) is 0 Å². The van der Waals surface area contributed by atoms with E-state index in [9.17, 15) is 29.1 Å². The van der Waals surface area contributed by atoms with Crippen molar-refractivity contribution in [1.29, 1.82) is 0 Å². The van der Waals surface area contributed by atoms with Crippen molar-refractivity contribution >= 4 is 46.4 Å². The van der Waals surface area contributed by atoms with E-state index in [0.717, 1.165) is 20.8 Å². The van der Waals surface area contributed by atoms with Crippen molar-refractivity contribution in [2.24, 2.45) is 12.5 Å². The summed E-state index contributed by atoms with van der Waals surface area (Å²) in [5.41, 5.74) is 3.55. The molecule has 54 heavy (non-hydrogen) atoms. The zero-order valence-corrected chi connectivity index (χ0v) is 32.4. The molecule has 15 nitrogen and oxygen atoms in total. The van der Waals surface area contributed by atoms with Gasteiger partial charge in [0.05, 0.1) is 16.8 Å². The van der Waals surface area contributed by atoms with E-state index in [1.807, 2.05) is 26.8 Å². The molecule has 3 amide bonds. The molecule has 0 aliphatic rings. The molecule has 0 spiro atoms. The van der Waals surface area contributed by atoms with Crippen LogP contribution in [0.25, 0.3) is 22.2 Å². The molecule has 1 aromatic carbocycles. The minimum absolute atomic E-state index is 0.0226. The average Bonchev–Trinajstić information content (AvgIpc) is 3.05. The van der Waals surface area contributed by atoms with E-state index in [1.54, 1.807) is 59.0 Å². The molecule has 3 heterocycles. The van der Waals surface area contributed by atoms with Gasteiger partial charge in [-0.15, -0.1) is 0 Å². The molecule has 0 fully saturated rings. The first kappa shape index (κ1) is 40.5. The van der Waals surface area contributed by atoms with Crippen molar-refractivity contribution in [2.45, 2.75) is 74.0 Å². The third-order valence-electron chi connectivity index (χ3n) is 7.86. The number of aryl methyl sites for hydroxylation is 2. The van der Waals surface area contributed by atoms with Gasteiger partial charge in [0.15, 0.2) is 11.6 Å². The van der Waals surface area contributed by atoms with E-state index < -0.39 is 40.9 Å². The predicted octanol–water partition coefficient (Wildman–Crippen LogP) is 5.85. The molecule has 1 atom stereocenters. The van der Waals surface area contributed by atoms with Crippen LogP contribution in [0, 0.1) is 24.2 Å². The van der Waals surface area contributed by atoms with Gasteiger partial charge in [-0.1, -0.05) is 26.7 Å². The fourth-order valence-corrected chi connectivity index (χ4v) is 5.38. The number of nitrogens with zero attached hydrogens (tertiary/aromatic N) is 6. The van der Waals surface area contributed by atoms with Crippen molar-refractivity contribution < 1.29 is 29.0 Å². The summed E-state index contributed by atoms with van der Waals surface area (Å²) in [7, 11) is 3.11. The quantitative estimate of drug-likeness (QED) is 0.112. The number of ether oxygens (including phenoxy) is 1. The highest BCUT2D eigenvalue weighted by Gasteiger charge is 2.30. The monoisotopic (exact) mass is 738 g/mol. The lowest BCUT2D eigenvalue weighted by Crippen LogP contribution is -2.48. The van der Waals surface area contributed by atoms with Crippen LogP contribution < -0.4 is 16.3 Å². The Morgan fingerprint density at radius 1 is 0.981 bits per heavy atom. The first-order valence-corrected chi connectivity index (χ1v) is 17.1. The van der Waals surface area contributed by atoms with Gasteiger partial charge in [-0.3, -0.25) is 24.7 Å². The molecule has 0 saturated heterocycles. The van der Waals surface area contributed by atoms with Crippen molar-refractivity contribution in [3.8, 4) is 23.1 Å². The summed E-state index contributed by atoms with van der Waals surface area (Å²) in [5, 5.41) is 14.5. The Balaban J connectivity index is 1.86. The molecule has 0 saturated carbocycles. The number of carbonyl (C=O) groups is 4. The number of hydrogen-bond donors (Lipinski definition) is 3. The number of anilines is 2. The second-order valence-corrected chi connectivity index (χ2v) is 15.1. The van der Waals surface area contributed by atoms with Gasteiger partial charge in [0, 0.05) is 37.8 Å². The number of fused-ring (bicyclic) bond motifs is 1. The van der Waals surface area contributed by atoms with Crippen molar-refractivity contribution in [2.75, 3.05) is 24.3 Å². The van der Waals surface area contributed by atoms with Gasteiger partial charge >= 0.3 is 12.2 Å². The fourth-order valence-electron chi connectivity index (χ4n) is 5.38. The first-order chi connectivity index (χ1) is 25.0. The van der Waals surface area contributed by atoms with Gasteiger partial charge in [0.2, 0.25) is 5.91 Å². The average molecular weight is 739 g/mol. The number of hydrogen-bond acceptors (Lipinski definition) is 10. The van der Waals surface area contributed by atoms with E-state index in [0.29, 0.717) is 11.1 Å². The number of aromatic nitrogens is 4. The Kier molecular flexibility index (Phi) is 11.8. The second-order valence-electron chi connectivity index (χ2n) is 15.1. The number of ketones is 1. The normalized spacial score (nSPS) is 11.9. The van der Waals surface area contributed by atoms with Crippen LogP contribution in [0.2, 0.25) is 0 Å². The summed E-state index contributed by atoms with van der Waals surface area (Å²) in [6.45, 7) is 15.3. The van der Waals surface area contributed by atoms with E-state index in [4.69, 9.17) is 4.74 Å². The Bertz CT molecular complexity index is 2260.